The monoisotopic (exact) mass is 210 g/mol. The number of carbonyl (C=O) groups is 1. The smallest absolute Gasteiger partial charge is 0.270 e. The topological polar surface area (TPSA) is 113 Å². The number of ketones is 1. The Balaban J connectivity index is 3.22. The summed E-state index contributed by atoms with van der Waals surface area (Å²) in [6.07, 6.45) is 0.540. The third kappa shape index (κ3) is 2.27. The molecule has 0 atom stereocenters. The highest BCUT2D eigenvalue weighted by Crippen LogP contribution is 2.22. The molecule has 0 saturated heterocycles. The minimum absolute atomic E-state index is 0.290. The molecular weight excluding hydrogens is 204 g/mol. The van der Waals surface area contributed by atoms with Crippen LogP contribution in [0.1, 0.15) is 10.4 Å². The lowest BCUT2D eigenvalue weighted by atomic mass is 10.1. The van der Waals surface area contributed by atoms with E-state index in [1.807, 2.05) is 0 Å². The highest BCUT2D eigenvalue weighted by Gasteiger charge is 2.14. The molecule has 78 valence electrons. The van der Waals surface area contributed by atoms with Gasteiger partial charge < -0.3 is 10.3 Å². The van der Waals surface area contributed by atoms with E-state index >= 15 is 0 Å². The summed E-state index contributed by atoms with van der Waals surface area (Å²) < 4.78 is 0. The number of oxime groups is 1. The van der Waals surface area contributed by atoms with Crippen molar-refractivity contribution in [3.05, 3.63) is 33.9 Å². The average molecular weight is 210 g/mol. The highest BCUT2D eigenvalue weighted by atomic mass is 16.6. The fraction of sp³-hybridized carbons (Fsp3) is 0. The van der Waals surface area contributed by atoms with E-state index in [0.29, 0.717) is 6.21 Å². The molecule has 0 aliphatic carbocycles. The molecule has 7 heteroatoms. The van der Waals surface area contributed by atoms with Crippen molar-refractivity contribution >= 4 is 17.7 Å². The van der Waals surface area contributed by atoms with Gasteiger partial charge in [0.15, 0.2) is 0 Å². The molecule has 0 bridgehead atoms. The zero-order chi connectivity index (χ0) is 11.4. The number of phenolic OH excluding ortho intramolecular Hbond substituents is 1. The lowest BCUT2D eigenvalue weighted by molar-refractivity contribution is -0.384. The summed E-state index contributed by atoms with van der Waals surface area (Å²) in [5.41, 5.74) is -0.621. The van der Waals surface area contributed by atoms with Gasteiger partial charge in [-0.25, -0.2) is 0 Å². The lowest BCUT2D eigenvalue weighted by Crippen LogP contribution is -2.01. The number of aromatic hydroxyl groups is 1. The van der Waals surface area contributed by atoms with Crippen LogP contribution in [0.2, 0.25) is 0 Å². The molecule has 0 aromatic heterocycles. The van der Waals surface area contributed by atoms with Crippen LogP contribution >= 0.6 is 0 Å². The Bertz CT molecular complexity index is 441. The first-order chi connectivity index (χ1) is 7.06. The van der Waals surface area contributed by atoms with Crippen molar-refractivity contribution in [1.82, 2.24) is 0 Å². The van der Waals surface area contributed by atoms with E-state index in [0.717, 1.165) is 18.2 Å². The van der Waals surface area contributed by atoms with Crippen molar-refractivity contribution in [3.63, 3.8) is 0 Å². The van der Waals surface area contributed by atoms with Gasteiger partial charge in [0, 0.05) is 12.1 Å². The average Bonchev–Trinajstić information content (AvgIpc) is 2.18. The zero-order valence-corrected chi connectivity index (χ0v) is 7.32. The van der Waals surface area contributed by atoms with E-state index in [-0.39, 0.29) is 11.3 Å². The van der Waals surface area contributed by atoms with Gasteiger partial charge in [-0.1, -0.05) is 5.16 Å². The molecule has 0 heterocycles. The normalized spacial score (nSPS) is 10.4. The predicted octanol–water partition coefficient (Wildman–Crippen LogP) is 0.943. The molecule has 1 rings (SSSR count). The molecule has 7 nitrogen and oxygen atoms in total. The van der Waals surface area contributed by atoms with E-state index in [9.17, 15) is 20.0 Å². The van der Waals surface area contributed by atoms with Crippen LogP contribution in [0.15, 0.2) is 23.4 Å². The summed E-state index contributed by atoms with van der Waals surface area (Å²) >= 11 is 0. The Labute approximate surface area is 83.4 Å². The first-order valence-corrected chi connectivity index (χ1v) is 3.75. The van der Waals surface area contributed by atoms with Crippen LogP contribution in [0, 0.1) is 10.1 Å². The van der Waals surface area contributed by atoms with Gasteiger partial charge in [0.1, 0.15) is 12.0 Å². The molecular formula is C8H6N2O5. The Morgan fingerprint density at radius 1 is 1.53 bits per heavy atom. The summed E-state index contributed by atoms with van der Waals surface area (Å²) in [6, 6.07) is 2.98. The molecule has 1 aromatic carbocycles. The Hall–Kier alpha value is -2.44. The first kappa shape index (κ1) is 10.6. The SMILES string of the molecule is O=C(C=NO)c1cc([N+](=O)[O-])ccc1O. The number of nitrogens with zero attached hydrogens (tertiary/aromatic N) is 2. The fourth-order valence-electron chi connectivity index (χ4n) is 0.957. The van der Waals surface area contributed by atoms with Crippen LogP contribution < -0.4 is 0 Å². The lowest BCUT2D eigenvalue weighted by Gasteiger charge is -1.99. The van der Waals surface area contributed by atoms with E-state index in [2.05, 4.69) is 5.16 Å². The number of benzene rings is 1. The van der Waals surface area contributed by atoms with Crippen LogP contribution in [0.4, 0.5) is 5.69 Å². The van der Waals surface area contributed by atoms with Crippen molar-refractivity contribution in [2.45, 2.75) is 0 Å². The van der Waals surface area contributed by atoms with E-state index < -0.39 is 16.5 Å². The van der Waals surface area contributed by atoms with Gasteiger partial charge in [-0.2, -0.15) is 0 Å². The largest absolute Gasteiger partial charge is 0.507 e. The number of hydrogen-bond donors (Lipinski definition) is 2. The third-order valence-corrected chi connectivity index (χ3v) is 1.63. The van der Waals surface area contributed by atoms with Gasteiger partial charge in [0.2, 0.25) is 5.78 Å². The van der Waals surface area contributed by atoms with Crippen molar-refractivity contribution in [2.75, 3.05) is 0 Å². The molecule has 0 amide bonds. The Morgan fingerprint density at radius 3 is 2.73 bits per heavy atom. The van der Waals surface area contributed by atoms with Crippen LogP contribution in [-0.2, 0) is 0 Å². The molecule has 0 aliphatic heterocycles. The number of rotatable bonds is 3. The van der Waals surface area contributed by atoms with E-state index in [1.54, 1.807) is 0 Å². The second-order valence-electron chi connectivity index (χ2n) is 2.57. The van der Waals surface area contributed by atoms with Gasteiger partial charge >= 0.3 is 0 Å². The minimum atomic E-state index is -0.821. The van der Waals surface area contributed by atoms with Crippen LogP contribution in [0.5, 0.6) is 5.75 Å². The standard InChI is InChI=1S/C8H6N2O5/c11-7-2-1-5(10(14)15)3-6(7)8(12)4-9-13/h1-4,11,13H. The van der Waals surface area contributed by atoms with Crippen molar-refractivity contribution in [3.8, 4) is 5.75 Å². The van der Waals surface area contributed by atoms with Gasteiger partial charge in [0.25, 0.3) is 5.69 Å². The number of nitro groups is 1. The second-order valence-corrected chi connectivity index (χ2v) is 2.57. The second kappa shape index (κ2) is 4.18. The van der Waals surface area contributed by atoms with Gasteiger partial charge in [-0.3, -0.25) is 14.9 Å². The maximum absolute atomic E-state index is 11.1. The van der Waals surface area contributed by atoms with Crippen molar-refractivity contribution < 1.29 is 20.0 Å². The van der Waals surface area contributed by atoms with E-state index in [1.165, 1.54) is 0 Å². The van der Waals surface area contributed by atoms with Gasteiger partial charge in [0.05, 0.1) is 10.5 Å². The summed E-state index contributed by atoms with van der Waals surface area (Å²) in [5.74, 6) is -1.23. The quantitative estimate of drug-likeness (QED) is 0.253. The fourth-order valence-corrected chi connectivity index (χ4v) is 0.957. The molecule has 0 saturated carbocycles. The molecule has 0 fully saturated rings. The minimum Gasteiger partial charge on any atom is -0.507 e. The number of Topliss-reactive ketones (excluding diaryl/α,β-unsaturated/α-hetero) is 1. The number of nitro benzene ring substituents is 1. The van der Waals surface area contributed by atoms with Crippen molar-refractivity contribution in [2.24, 2.45) is 5.16 Å². The van der Waals surface area contributed by atoms with Gasteiger partial charge in [-0.05, 0) is 6.07 Å². The molecule has 0 radical (unpaired) electrons. The first-order valence-electron chi connectivity index (χ1n) is 3.75. The zero-order valence-electron chi connectivity index (χ0n) is 7.32. The number of non-ortho nitro benzene ring substituents is 1. The molecule has 0 spiro atoms. The number of hydrogen-bond acceptors (Lipinski definition) is 6. The summed E-state index contributed by atoms with van der Waals surface area (Å²) in [5, 5.41) is 30.2. The van der Waals surface area contributed by atoms with Gasteiger partial charge in [-0.15, -0.1) is 0 Å². The van der Waals surface area contributed by atoms with Crippen LogP contribution in [0.3, 0.4) is 0 Å². The molecule has 1 aromatic rings. The summed E-state index contributed by atoms with van der Waals surface area (Å²) in [6.45, 7) is 0. The Morgan fingerprint density at radius 2 is 2.20 bits per heavy atom. The highest BCUT2D eigenvalue weighted by molar-refractivity contribution is 6.36. The maximum Gasteiger partial charge on any atom is 0.270 e. The molecule has 0 aliphatic rings. The molecule has 15 heavy (non-hydrogen) atoms. The molecule has 2 N–H and O–H groups in total. The predicted molar refractivity (Wildman–Crippen MR) is 49.4 cm³/mol. The van der Waals surface area contributed by atoms with Crippen LogP contribution in [0.25, 0.3) is 0 Å². The van der Waals surface area contributed by atoms with Crippen LogP contribution in [-0.4, -0.2) is 27.2 Å². The third-order valence-electron chi connectivity index (χ3n) is 1.63. The number of carbonyl (C=O) groups excluding carboxylic acids is 1. The Kier molecular flexibility index (Phi) is 2.97. The van der Waals surface area contributed by atoms with Crippen molar-refractivity contribution in [1.29, 1.82) is 0 Å². The maximum atomic E-state index is 11.1. The summed E-state index contributed by atoms with van der Waals surface area (Å²) in [4.78, 5) is 20.8. The van der Waals surface area contributed by atoms with E-state index in [4.69, 9.17) is 5.21 Å². The number of phenols is 1. The molecule has 0 unspecified atom stereocenters. The summed E-state index contributed by atoms with van der Waals surface area (Å²) in [7, 11) is 0.